The maximum atomic E-state index is 5.17. The molecule has 0 atom stereocenters. The molecule has 0 heterocycles. The zero-order chi connectivity index (χ0) is 14.1. The first kappa shape index (κ1) is 15.0. The molecule has 1 rings (SSSR count). The van der Waals surface area contributed by atoms with E-state index in [-0.39, 0.29) is 0 Å². The summed E-state index contributed by atoms with van der Waals surface area (Å²) in [5.74, 6) is 1.40. The van der Waals surface area contributed by atoms with Gasteiger partial charge in [0, 0.05) is 18.2 Å². The topological polar surface area (TPSA) is 54.9 Å². The van der Waals surface area contributed by atoms with Crippen molar-refractivity contribution in [1.29, 1.82) is 0 Å². The Morgan fingerprint density at radius 1 is 1.32 bits per heavy atom. The monoisotopic (exact) mass is 279 g/mol. The van der Waals surface area contributed by atoms with Crippen LogP contribution in [0.5, 0.6) is 11.5 Å². The molecule has 5 nitrogen and oxygen atoms in total. The SMILES string of the molecule is C=CCNC(=S)NN=Cc1cc(OC)cc(OC)c1. The fourth-order valence-corrected chi connectivity index (χ4v) is 1.41. The molecule has 0 spiro atoms. The average molecular weight is 279 g/mol. The van der Waals surface area contributed by atoms with Gasteiger partial charge >= 0.3 is 0 Å². The molecule has 0 saturated heterocycles. The van der Waals surface area contributed by atoms with Crippen molar-refractivity contribution < 1.29 is 9.47 Å². The molecule has 0 aliphatic rings. The van der Waals surface area contributed by atoms with E-state index in [1.54, 1.807) is 32.6 Å². The lowest BCUT2D eigenvalue weighted by atomic mass is 10.2. The van der Waals surface area contributed by atoms with Gasteiger partial charge in [0.2, 0.25) is 0 Å². The standard InChI is InChI=1S/C13H17N3O2S/c1-4-5-14-13(19)16-15-9-10-6-11(17-2)8-12(7-10)18-3/h4,6-9H,1,5H2,2-3H3,(H2,14,16,19). The minimum atomic E-state index is 0.436. The van der Waals surface area contributed by atoms with Gasteiger partial charge in [-0.25, -0.2) is 0 Å². The number of thiocarbonyl (C=S) groups is 1. The molecular weight excluding hydrogens is 262 g/mol. The Balaban J connectivity index is 2.65. The van der Waals surface area contributed by atoms with E-state index in [0.717, 1.165) is 5.56 Å². The Morgan fingerprint density at radius 2 is 1.95 bits per heavy atom. The fourth-order valence-electron chi connectivity index (χ4n) is 1.27. The summed E-state index contributed by atoms with van der Waals surface area (Å²) in [5, 5.41) is 7.36. The largest absolute Gasteiger partial charge is 0.497 e. The first-order valence-electron chi connectivity index (χ1n) is 5.60. The Bertz CT molecular complexity index is 453. The van der Waals surface area contributed by atoms with E-state index >= 15 is 0 Å². The van der Waals surface area contributed by atoms with Gasteiger partial charge in [-0.15, -0.1) is 6.58 Å². The number of methoxy groups -OCH3 is 2. The zero-order valence-electron chi connectivity index (χ0n) is 11.0. The Kier molecular flexibility index (Phi) is 6.38. The summed E-state index contributed by atoms with van der Waals surface area (Å²) in [7, 11) is 3.20. The van der Waals surface area contributed by atoms with E-state index in [4.69, 9.17) is 21.7 Å². The highest BCUT2D eigenvalue weighted by atomic mass is 32.1. The molecule has 0 aromatic heterocycles. The first-order chi connectivity index (χ1) is 9.19. The van der Waals surface area contributed by atoms with Crippen molar-refractivity contribution >= 4 is 23.5 Å². The van der Waals surface area contributed by atoms with Crippen LogP contribution in [0.4, 0.5) is 0 Å². The molecule has 6 heteroatoms. The van der Waals surface area contributed by atoms with Crippen molar-refractivity contribution in [3.05, 3.63) is 36.4 Å². The Hall–Kier alpha value is -2.08. The Labute approximate surface area is 118 Å². The molecule has 0 aliphatic heterocycles. The van der Waals surface area contributed by atoms with E-state index in [2.05, 4.69) is 22.4 Å². The van der Waals surface area contributed by atoms with Gasteiger partial charge in [0.05, 0.1) is 20.4 Å². The van der Waals surface area contributed by atoms with Gasteiger partial charge in [0.1, 0.15) is 11.5 Å². The minimum Gasteiger partial charge on any atom is -0.497 e. The van der Waals surface area contributed by atoms with Crippen LogP contribution < -0.4 is 20.2 Å². The zero-order valence-corrected chi connectivity index (χ0v) is 11.8. The van der Waals surface area contributed by atoms with Gasteiger partial charge in [-0.1, -0.05) is 6.08 Å². The lowest BCUT2D eigenvalue weighted by Crippen LogP contribution is -2.31. The van der Waals surface area contributed by atoms with E-state index in [1.165, 1.54) is 0 Å². The van der Waals surface area contributed by atoms with Crippen LogP contribution in [0.2, 0.25) is 0 Å². The number of benzene rings is 1. The molecule has 19 heavy (non-hydrogen) atoms. The number of ether oxygens (including phenoxy) is 2. The molecule has 0 unspecified atom stereocenters. The molecule has 1 aromatic carbocycles. The minimum absolute atomic E-state index is 0.436. The molecule has 0 bridgehead atoms. The van der Waals surface area contributed by atoms with Gasteiger partial charge < -0.3 is 14.8 Å². The van der Waals surface area contributed by atoms with Crippen LogP contribution in [0, 0.1) is 0 Å². The van der Waals surface area contributed by atoms with Crippen LogP contribution in [-0.2, 0) is 0 Å². The van der Waals surface area contributed by atoms with E-state index in [0.29, 0.717) is 23.2 Å². The maximum absolute atomic E-state index is 5.17. The van der Waals surface area contributed by atoms with Crippen LogP contribution in [0.1, 0.15) is 5.56 Å². The van der Waals surface area contributed by atoms with Crippen molar-refractivity contribution in [2.75, 3.05) is 20.8 Å². The van der Waals surface area contributed by atoms with Crippen LogP contribution in [0.15, 0.2) is 36.0 Å². The molecular formula is C13H17N3O2S. The predicted molar refractivity (Wildman–Crippen MR) is 81.1 cm³/mol. The summed E-state index contributed by atoms with van der Waals surface area (Å²) < 4.78 is 10.3. The van der Waals surface area contributed by atoms with Crippen LogP contribution in [0.25, 0.3) is 0 Å². The maximum Gasteiger partial charge on any atom is 0.187 e. The summed E-state index contributed by atoms with van der Waals surface area (Å²) in [6.45, 7) is 4.17. The summed E-state index contributed by atoms with van der Waals surface area (Å²) in [4.78, 5) is 0. The summed E-state index contributed by atoms with van der Waals surface area (Å²) in [6.07, 6.45) is 3.34. The predicted octanol–water partition coefficient (Wildman–Crippen LogP) is 1.69. The van der Waals surface area contributed by atoms with Crippen molar-refractivity contribution in [2.45, 2.75) is 0 Å². The summed E-state index contributed by atoms with van der Waals surface area (Å²) in [5.41, 5.74) is 3.54. The number of hydrogen-bond donors (Lipinski definition) is 2. The van der Waals surface area contributed by atoms with Gasteiger partial charge in [0.15, 0.2) is 5.11 Å². The van der Waals surface area contributed by atoms with Gasteiger partial charge in [-0.2, -0.15) is 5.10 Å². The smallest absolute Gasteiger partial charge is 0.187 e. The number of hydrazone groups is 1. The third-order valence-corrected chi connectivity index (χ3v) is 2.40. The van der Waals surface area contributed by atoms with Crippen LogP contribution in [-0.4, -0.2) is 32.1 Å². The second-order valence-electron chi connectivity index (χ2n) is 3.51. The molecule has 0 radical (unpaired) electrons. The lowest BCUT2D eigenvalue weighted by molar-refractivity contribution is 0.394. The highest BCUT2D eigenvalue weighted by Crippen LogP contribution is 2.21. The third kappa shape index (κ3) is 5.39. The number of nitrogens with one attached hydrogen (secondary N) is 2. The third-order valence-electron chi connectivity index (χ3n) is 2.16. The lowest BCUT2D eigenvalue weighted by Gasteiger charge is -2.06. The highest BCUT2D eigenvalue weighted by Gasteiger charge is 1.99. The Morgan fingerprint density at radius 3 is 2.47 bits per heavy atom. The van der Waals surface area contributed by atoms with Crippen molar-refractivity contribution in [3.63, 3.8) is 0 Å². The molecule has 0 fully saturated rings. The second kappa shape index (κ2) is 8.10. The van der Waals surface area contributed by atoms with Gasteiger partial charge in [0.25, 0.3) is 0 Å². The highest BCUT2D eigenvalue weighted by molar-refractivity contribution is 7.80. The van der Waals surface area contributed by atoms with E-state index in [1.807, 2.05) is 12.1 Å². The van der Waals surface area contributed by atoms with Gasteiger partial charge in [-0.05, 0) is 24.4 Å². The first-order valence-corrected chi connectivity index (χ1v) is 6.01. The fraction of sp³-hybridized carbons (Fsp3) is 0.231. The quantitative estimate of drug-likeness (QED) is 0.359. The molecule has 0 saturated carbocycles. The molecule has 102 valence electrons. The number of hydrogen-bond acceptors (Lipinski definition) is 4. The van der Waals surface area contributed by atoms with E-state index < -0.39 is 0 Å². The van der Waals surface area contributed by atoms with Crippen molar-refractivity contribution in [1.82, 2.24) is 10.7 Å². The number of nitrogens with zero attached hydrogens (tertiary/aromatic N) is 1. The normalized spacial score (nSPS) is 10.0. The molecule has 2 N–H and O–H groups in total. The number of rotatable bonds is 6. The van der Waals surface area contributed by atoms with Crippen molar-refractivity contribution in [3.8, 4) is 11.5 Å². The van der Waals surface area contributed by atoms with Crippen LogP contribution in [0.3, 0.4) is 0 Å². The van der Waals surface area contributed by atoms with Gasteiger partial charge in [-0.3, -0.25) is 5.43 Å². The van der Waals surface area contributed by atoms with Crippen molar-refractivity contribution in [2.24, 2.45) is 5.10 Å². The average Bonchev–Trinajstić information content (AvgIpc) is 2.44. The summed E-state index contributed by atoms with van der Waals surface area (Å²) in [6, 6.07) is 5.48. The molecule has 1 aromatic rings. The van der Waals surface area contributed by atoms with E-state index in [9.17, 15) is 0 Å². The van der Waals surface area contributed by atoms with Crippen LogP contribution >= 0.6 is 12.2 Å². The molecule has 0 amide bonds. The molecule has 0 aliphatic carbocycles. The second-order valence-corrected chi connectivity index (χ2v) is 3.92. The summed E-state index contributed by atoms with van der Waals surface area (Å²) >= 11 is 5.00.